The minimum absolute atomic E-state index is 0.513. The fourth-order valence-electron chi connectivity index (χ4n) is 2.17. The van der Waals surface area contributed by atoms with Gasteiger partial charge in [-0.1, -0.05) is 38.1 Å². The number of hydrogen-bond donors (Lipinski definition) is 1. The van der Waals surface area contributed by atoms with Crippen molar-refractivity contribution < 1.29 is 0 Å². The van der Waals surface area contributed by atoms with E-state index in [1.165, 1.54) is 17.5 Å². The molecular formula is C15H21N3. The third kappa shape index (κ3) is 2.31. The van der Waals surface area contributed by atoms with Crippen LogP contribution in [0.2, 0.25) is 0 Å². The zero-order valence-corrected chi connectivity index (χ0v) is 11.4. The molecule has 0 radical (unpaired) electrons. The molecular weight excluding hydrogens is 222 g/mol. The van der Waals surface area contributed by atoms with Crippen LogP contribution in [0.1, 0.15) is 37.4 Å². The van der Waals surface area contributed by atoms with E-state index in [9.17, 15) is 0 Å². The highest BCUT2D eigenvalue weighted by molar-refractivity contribution is 5.65. The Hall–Kier alpha value is -1.61. The van der Waals surface area contributed by atoms with E-state index in [1.807, 2.05) is 17.9 Å². The lowest BCUT2D eigenvalue weighted by molar-refractivity contribution is 0.712. The van der Waals surface area contributed by atoms with Crippen molar-refractivity contribution in [1.82, 2.24) is 9.78 Å². The first-order valence-corrected chi connectivity index (χ1v) is 6.48. The standard InChI is InChI=1S/C15H21N3/c1-4-11(2)12-5-7-13(8-6-12)14-10-17-18(3)15(14)9-16/h5-8,10-11H,4,9,16H2,1-3H3. The van der Waals surface area contributed by atoms with Crippen molar-refractivity contribution in [2.75, 3.05) is 0 Å². The molecule has 1 unspecified atom stereocenters. The van der Waals surface area contributed by atoms with Crippen molar-refractivity contribution in [2.45, 2.75) is 32.7 Å². The number of nitrogens with two attached hydrogens (primary N) is 1. The minimum Gasteiger partial charge on any atom is -0.325 e. The topological polar surface area (TPSA) is 43.8 Å². The summed E-state index contributed by atoms with van der Waals surface area (Å²) in [7, 11) is 1.93. The largest absolute Gasteiger partial charge is 0.325 e. The second-order valence-corrected chi connectivity index (χ2v) is 4.76. The van der Waals surface area contributed by atoms with Gasteiger partial charge in [0.1, 0.15) is 0 Å². The molecule has 2 aromatic rings. The number of aromatic nitrogens is 2. The maximum Gasteiger partial charge on any atom is 0.0594 e. The monoisotopic (exact) mass is 243 g/mol. The van der Waals surface area contributed by atoms with Gasteiger partial charge in [0.25, 0.3) is 0 Å². The Bertz CT molecular complexity index is 511. The summed E-state index contributed by atoms with van der Waals surface area (Å²) in [4.78, 5) is 0. The van der Waals surface area contributed by atoms with Crippen LogP contribution < -0.4 is 5.73 Å². The number of aryl methyl sites for hydroxylation is 1. The van der Waals surface area contributed by atoms with E-state index in [4.69, 9.17) is 5.73 Å². The Labute approximate surface area is 109 Å². The van der Waals surface area contributed by atoms with Gasteiger partial charge in [-0.3, -0.25) is 4.68 Å². The molecule has 0 bridgehead atoms. The van der Waals surface area contributed by atoms with Crippen LogP contribution in [0.15, 0.2) is 30.5 Å². The summed E-state index contributed by atoms with van der Waals surface area (Å²) < 4.78 is 1.85. The van der Waals surface area contributed by atoms with Crippen LogP contribution >= 0.6 is 0 Å². The molecule has 0 saturated carbocycles. The van der Waals surface area contributed by atoms with Gasteiger partial charge in [0.2, 0.25) is 0 Å². The van der Waals surface area contributed by atoms with Gasteiger partial charge in [0.05, 0.1) is 11.9 Å². The molecule has 0 aliphatic heterocycles. The van der Waals surface area contributed by atoms with Crippen molar-refractivity contribution >= 4 is 0 Å². The summed E-state index contributed by atoms with van der Waals surface area (Å²) >= 11 is 0. The van der Waals surface area contributed by atoms with Crippen molar-refractivity contribution in [1.29, 1.82) is 0 Å². The summed E-state index contributed by atoms with van der Waals surface area (Å²) in [5.74, 6) is 0.613. The molecule has 3 nitrogen and oxygen atoms in total. The van der Waals surface area contributed by atoms with Crippen LogP contribution in [0, 0.1) is 0 Å². The summed E-state index contributed by atoms with van der Waals surface area (Å²) in [6.45, 7) is 4.98. The van der Waals surface area contributed by atoms with Gasteiger partial charge >= 0.3 is 0 Å². The van der Waals surface area contributed by atoms with Crippen LogP contribution in [0.4, 0.5) is 0 Å². The van der Waals surface area contributed by atoms with Gasteiger partial charge in [-0.05, 0) is 23.5 Å². The summed E-state index contributed by atoms with van der Waals surface area (Å²) in [5, 5.41) is 4.27. The molecule has 1 atom stereocenters. The number of rotatable bonds is 4. The summed E-state index contributed by atoms with van der Waals surface area (Å²) in [6, 6.07) is 8.74. The quantitative estimate of drug-likeness (QED) is 0.897. The van der Waals surface area contributed by atoms with E-state index >= 15 is 0 Å². The Balaban J connectivity index is 2.34. The third-order valence-corrected chi connectivity index (χ3v) is 3.66. The van der Waals surface area contributed by atoms with E-state index < -0.39 is 0 Å². The smallest absolute Gasteiger partial charge is 0.0594 e. The number of hydrogen-bond acceptors (Lipinski definition) is 2. The fraction of sp³-hybridized carbons (Fsp3) is 0.400. The molecule has 0 fully saturated rings. The third-order valence-electron chi connectivity index (χ3n) is 3.66. The molecule has 18 heavy (non-hydrogen) atoms. The molecule has 0 aliphatic carbocycles. The van der Waals surface area contributed by atoms with Crippen molar-refractivity contribution in [2.24, 2.45) is 12.8 Å². The highest BCUT2D eigenvalue weighted by Gasteiger charge is 2.09. The SMILES string of the molecule is CCC(C)c1ccc(-c2cnn(C)c2CN)cc1. The van der Waals surface area contributed by atoms with Crippen LogP contribution in [0.5, 0.6) is 0 Å². The predicted molar refractivity (Wildman–Crippen MR) is 75.2 cm³/mol. The molecule has 1 heterocycles. The molecule has 0 amide bonds. The predicted octanol–water partition coefficient (Wildman–Crippen LogP) is 3.06. The van der Waals surface area contributed by atoms with Crippen LogP contribution in [-0.2, 0) is 13.6 Å². The van der Waals surface area contributed by atoms with Crippen molar-refractivity contribution in [3.05, 3.63) is 41.7 Å². The molecule has 3 heteroatoms. The Morgan fingerprint density at radius 2 is 1.94 bits per heavy atom. The maximum absolute atomic E-state index is 5.77. The van der Waals surface area contributed by atoms with Gasteiger partial charge in [-0.25, -0.2) is 0 Å². The molecule has 0 spiro atoms. The van der Waals surface area contributed by atoms with Crippen LogP contribution in [-0.4, -0.2) is 9.78 Å². The van der Waals surface area contributed by atoms with E-state index in [1.54, 1.807) is 0 Å². The Kier molecular flexibility index (Phi) is 3.82. The van der Waals surface area contributed by atoms with E-state index in [0.717, 1.165) is 11.3 Å². The van der Waals surface area contributed by atoms with E-state index in [-0.39, 0.29) is 0 Å². The molecule has 96 valence electrons. The number of benzene rings is 1. The molecule has 1 aromatic heterocycles. The normalized spacial score (nSPS) is 12.7. The number of nitrogens with zero attached hydrogens (tertiary/aromatic N) is 2. The fourth-order valence-corrected chi connectivity index (χ4v) is 2.17. The average Bonchev–Trinajstić information content (AvgIpc) is 2.79. The van der Waals surface area contributed by atoms with Gasteiger partial charge in [0, 0.05) is 19.2 Å². The van der Waals surface area contributed by atoms with E-state index in [0.29, 0.717) is 12.5 Å². The van der Waals surface area contributed by atoms with Crippen molar-refractivity contribution in [3.8, 4) is 11.1 Å². The van der Waals surface area contributed by atoms with Gasteiger partial charge in [0.15, 0.2) is 0 Å². The molecule has 2 N–H and O–H groups in total. The average molecular weight is 243 g/mol. The second kappa shape index (κ2) is 5.36. The van der Waals surface area contributed by atoms with Crippen LogP contribution in [0.3, 0.4) is 0 Å². The summed E-state index contributed by atoms with van der Waals surface area (Å²) in [5.41, 5.74) is 10.6. The molecule has 0 saturated heterocycles. The van der Waals surface area contributed by atoms with Gasteiger partial charge in [-0.2, -0.15) is 5.10 Å². The lowest BCUT2D eigenvalue weighted by Gasteiger charge is -2.10. The second-order valence-electron chi connectivity index (χ2n) is 4.76. The van der Waals surface area contributed by atoms with Crippen LogP contribution in [0.25, 0.3) is 11.1 Å². The Morgan fingerprint density at radius 1 is 1.28 bits per heavy atom. The lowest BCUT2D eigenvalue weighted by atomic mass is 9.96. The molecule has 1 aromatic carbocycles. The zero-order chi connectivity index (χ0) is 13.1. The van der Waals surface area contributed by atoms with Gasteiger partial charge in [-0.15, -0.1) is 0 Å². The first-order chi connectivity index (χ1) is 8.67. The Morgan fingerprint density at radius 3 is 2.50 bits per heavy atom. The zero-order valence-electron chi connectivity index (χ0n) is 11.4. The molecule has 0 aliphatic rings. The molecule has 2 rings (SSSR count). The summed E-state index contributed by atoms with van der Waals surface area (Å²) in [6.07, 6.45) is 3.06. The highest BCUT2D eigenvalue weighted by atomic mass is 15.3. The van der Waals surface area contributed by atoms with Gasteiger partial charge < -0.3 is 5.73 Å². The minimum atomic E-state index is 0.513. The van der Waals surface area contributed by atoms with Crippen molar-refractivity contribution in [3.63, 3.8) is 0 Å². The first kappa shape index (κ1) is 12.8. The lowest BCUT2D eigenvalue weighted by Crippen LogP contribution is -2.05. The first-order valence-electron chi connectivity index (χ1n) is 6.48. The maximum atomic E-state index is 5.77. The highest BCUT2D eigenvalue weighted by Crippen LogP contribution is 2.26. The van der Waals surface area contributed by atoms with E-state index in [2.05, 4.69) is 43.2 Å².